The molecule has 132 valence electrons. The summed E-state index contributed by atoms with van der Waals surface area (Å²) in [5.74, 6) is 0.119. The SMILES string of the molecule is OC(Cc1cccc2nc(Nc3ccc(F)cc3)nn12)c1ccccc1.[HH]. The van der Waals surface area contributed by atoms with E-state index >= 15 is 0 Å². The van der Waals surface area contributed by atoms with Gasteiger partial charge in [0.05, 0.1) is 6.10 Å². The van der Waals surface area contributed by atoms with E-state index in [9.17, 15) is 9.50 Å². The molecule has 0 spiro atoms. The molecular formula is C20H19FN4O. The summed E-state index contributed by atoms with van der Waals surface area (Å²) in [7, 11) is 0. The molecule has 2 N–H and O–H groups in total. The standard InChI is InChI=1S/C20H17FN4O.H2/c21-15-9-11-16(12-10-15)22-20-23-19-8-4-7-17(25(19)24-20)13-18(26)14-5-2-1-3-6-14;/h1-12,18,26H,13H2,(H,22,24);1H. The average molecular weight is 350 g/mol. The van der Waals surface area contributed by atoms with E-state index in [4.69, 9.17) is 0 Å². The van der Waals surface area contributed by atoms with Gasteiger partial charge in [-0.05, 0) is 42.0 Å². The van der Waals surface area contributed by atoms with Crippen LogP contribution in [0.15, 0.2) is 72.8 Å². The molecule has 2 heterocycles. The summed E-state index contributed by atoms with van der Waals surface area (Å²) in [6, 6.07) is 21.2. The molecule has 0 aliphatic carbocycles. The van der Waals surface area contributed by atoms with Gasteiger partial charge in [-0.15, -0.1) is 5.10 Å². The van der Waals surface area contributed by atoms with E-state index < -0.39 is 6.10 Å². The Balaban J connectivity index is 0.00000210. The molecule has 0 fully saturated rings. The summed E-state index contributed by atoms with van der Waals surface area (Å²) < 4.78 is 14.7. The van der Waals surface area contributed by atoms with Crippen LogP contribution in [-0.2, 0) is 6.42 Å². The van der Waals surface area contributed by atoms with Crippen molar-refractivity contribution in [3.63, 3.8) is 0 Å². The highest BCUT2D eigenvalue weighted by Gasteiger charge is 2.13. The maximum Gasteiger partial charge on any atom is 0.247 e. The van der Waals surface area contributed by atoms with Crippen LogP contribution in [0.3, 0.4) is 0 Å². The monoisotopic (exact) mass is 350 g/mol. The third-order valence-electron chi connectivity index (χ3n) is 4.13. The molecule has 4 rings (SSSR count). The van der Waals surface area contributed by atoms with E-state index in [0.717, 1.165) is 11.3 Å². The van der Waals surface area contributed by atoms with Gasteiger partial charge in [0.15, 0.2) is 5.65 Å². The maximum atomic E-state index is 13.0. The Bertz CT molecular complexity index is 1020. The maximum absolute atomic E-state index is 13.0. The first-order valence-electron chi connectivity index (χ1n) is 8.29. The first-order valence-corrected chi connectivity index (χ1v) is 8.29. The van der Waals surface area contributed by atoms with Crippen molar-refractivity contribution in [3.05, 3.63) is 89.9 Å². The lowest BCUT2D eigenvalue weighted by atomic mass is 10.0. The minimum absolute atomic E-state index is 0. The highest BCUT2D eigenvalue weighted by Crippen LogP contribution is 2.20. The fraction of sp³-hybridized carbons (Fsp3) is 0.100. The quantitative estimate of drug-likeness (QED) is 0.568. The number of pyridine rings is 1. The van der Waals surface area contributed by atoms with Crippen LogP contribution in [0, 0.1) is 5.82 Å². The van der Waals surface area contributed by atoms with Gasteiger partial charge in [0.1, 0.15) is 5.82 Å². The molecule has 4 aromatic rings. The van der Waals surface area contributed by atoms with Crippen LogP contribution in [0.1, 0.15) is 18.8 Å². The van der Waals surface area contributed by atoms with Crippen molar-refractivity contribution in [2.45, 2.75) is 12.5 Å². The van der Waals surface area contributed by atoms with Gasteiger partial charge in [-0.2, -0.15) is 4.98 Å². The van der Waals surface area contributed by atoms with Crippen LogP contribution in [0.25, 0.3) is 5.65 Å². The third kappa shape index (κ3) is 3.41. The molecule has 5 nitrogen and oxygen atoms in total. The average Bonchev–Trinajstić information content (AvgIpc) is 3.08. The molecule has 0 saturated carbocycles. The number of nitrogens with one attached hydrogen (secondary N) is 1. The minimum atomic E-state index is -0.625. The van der Waals surface area contributed by atoms with Gasteiger partial charge < -0.3 is 10.4 Å². The van der Waals surface area contributed by atoms with Gasteiger partial charge in [-0.1, -0.05) is 36.4 Å². The Kier molecular flexibility index (Phi) is 4.33. The highest BCUT2D eigenvalue weighted by molar-refractivity contribution is 5.55. The molecule has 0 aliphatic heterocycles. The fourth-order valence-electron chi connectivity index (χ4n) is 2.82. The molecular weight excluding hydrogens is 331 g/mol. The van der Waals surface area contributed by atoms with E-state index in [1.807, 2.05) is 48.5 Å². The molecule has 0 amide bonds. The van der Waals surface area contributed by atoms with Crippen molar-refractivity contribution in [3.8, 4) is 0 Å². The molecule has 1 unspecified atom stereocenters. The normalized spacial score (nSPS) is 12.2. The molecule has 0 saturated heterocycles. The van der Waals surface area contributed by atoms with E-state index in [1.54, 1.807) is 16.6 Å². The summed E-state index contributed by atoms with van der Waals surface area (Å²) in [5.41, 5.74) is 3.08. The van der Waals surface area contributed by atoms with Crippen molar-refractivity contribution in [1.29, 1.82) is 0 Å². The molecule has 0 radical (unpaired) electrons. The third-order valence-corrected chi connectivity index (χ3v) is 4.13. The number of aliphatic hydroxyl groups excluding tert-OH is 1. The lowest BCUT2D eigenvalue weighted by molar-refractivity contribution is 0.176. The molecule has 0 aliphatic rings. The van der Waals surface area contributed by atoms with E-state index in [2.05, 4.69) is 15.4 Å². The number of rotatable bonds is 5. The van der Waals surface area contributed by atoms with Gasteiger partial charge in [-0.3, -0.25) is 0 Å². The Morgan fingerprint density at radius 2 is 1.77 bits per heavy atom. The summed E-state index contributed by atoms with van der Waals surface area (Å²) in [6.45, 7) is 0. The van der Waals surface area contributed by atoms with Crippen molar-refractivity contribution in [1.82, 2.24) is 14.6 Å². The first kappa shape index (κ1) is 16.2. The van der Waals surface area contributed by atoms with Crippen LogP contribution in [0.2, 0.25) is 0 Å². The number of anilines is 2. The second-order valence-corrected chi connectivity index (χ2v) is 5.99. The second kappa shape index (κ2) is 6.93. The lowest BCUT2D eigenvalue weighted by Crippen LogP contribution is -2.06. The van der Waals surface area contributed by atoms with Crippen LogP contribution in [-0.4, -0.2) is 19.7 Å². The van der Waals surface area contributed by atoms with Gasteiger partial charge in [-0.25, -0.2) is 8.91 Å². The number of hydrogen-bond donors (Lipinski definition) is 2. The predicted octanol–water partition coefficient (Wildman–Crippen LogP) is 4.13. The summed E-state index contributed by atoms with van der Waals surface area (Å²) in [6.07, 6.45) is -0.208. The number of aliphatic hydroxyl groups is 1. The smallest absolute Gasteiger partial charge is 0.247 e. The zero-order valence-electron chi connectivity index (χ0n) is 13.9. The number of halogens is 1. The number of aromatic nitrogens is 3. The van der Waals surface area contributed by atoms with E-state index in [0.29, 0.717) is 23.7 Å². The van der Waals surface area contributed by atoms with Gasteiger partial charge in [0.2, 0.25) is 5.95 Å². The Morgan fingerprint density at radius 1 is 1.00 bits per heavy atom. The number of fused-ring (bicyclic) bond motifs is 1. The fourth-order valence-corrected chi connectivity index (χ4v) is 2.82. The Morgan fingerprint density at radius 3 is 2.54 bits per heavy atom. The second-order valence-electron chi connectivity index (χ2n) is 5.99. The van der Waals surface area contributed by atoms with Crippen molar-refractivity contribution < 1.29 is 10.9 Å². The molecule has 26 heavy (non-hydrogen) atoms. The van der Waals surface area contributed by atoms with E-state index in [1.165, 1.54) is 12.1 Å². The summed E-state index contributed by atoms with van der Waals surface area (Å²) in [4.78, 5) is 4.44. The number of nitrogens with zero attached hydrogens (tertiary/aromatic N) is 3. The number of hydrogen-bond acceptors (Lipinski definition) is 4. The minimum Gasteiger partial charge on any atom is -0.388 e. The highest BCUT2D eigenvalue weighted by atomic mass is 19.1. The van der Waals surface area contributed by atoms with Crippen molar-refractivity contribution in [2.75, 3.05) is 5.32 Å². The van der Waals surface area contributed by atoms with Gasteiger partial charge in [0.25, 0.3) is 0 Å². The van der Waals surface area contributed by atoms with E-state index in [-0.39, 0.29) is 7.24 Å². The Labute approximate surface area is 151 Å². The molecule has 2 aromatic heterocycles. The van der Waals surface area contributed by atoms with Crippen LogP contribution >= 0.6 is 0 Å². The van der Waals surface area contributed by atoms with Crippen molar-refractivity contribution >= 4 is 17.3 Å². The zero-order valence-corrected chi connectivity index (χ0v) is 13.9. The topological polar surface area (TPSA) is 62.5 Å². The first-order chi connectivity index (χ1) is 12.7. The molecule has 1 atom stereocenters. The Hall–Kier alpha value is -3.25. The molecule has 6 heteroatoms. The lowest BCUT2D eigenvalue weighted by Gasteiger charge is -2.11. The molecule has 0 bridgehead atoms. The zero-order chi connectivity index (χ0) is 17.9. The molecule has 2 aromatic carbocycles. The largest absolute Gasteiger partial charge is 0.388 e. The van der Waals surface area contributed by atoms with Gasteiger partial charge in [0, 0.05) is 19.2 Å². The summed E-state index contributed by atoms with van der Waals surface area (Å²) in [5, 5.41) is 18.0. The summed E-state index contributed by atoms with van der Waals surface area (Å²) >= 11 is 0. The van der Waals surface area contributed by atoms with Crippen LogP contribution in [0.4, 0.5) is 16.0 Å². The van der Waals surface area contributed by atoms with Crippen LogP contribution in [0.5, 0.6) is 0 Å². The van der Waals surface area contributed by atoms with Crippen LogP contribution < -0.4 is 5.32 Å². The number of benzene rings is 2. The van der Waals surface area contributed by atoms with Gasteiger partial charge >= 0.3 is 0 Å². The predicted molar refractivity (Wildman–Crippen MR) is 99.9 cm³/mol. The van der Waals surface area contributed by atoms with Crippen molar-refractivity contribution in [2.24, 2.45) is 0 Å².